The molecule has 2 nitrogen and oxygen atoms in total. The van der Waals surface area contributed by atoms with Crippen molar-refractivity contribution in [3.8, 4) is 0 Å². The van der Waals surface area contributed by atoms with E-state index in [9.17, 15) is 0 Å². The van der Waals surface area contributed by atoms with Crippen LogP contribution in [0.4, 0.5) is 0 Å². The summed E-state index contributed by atoms with van der Waals surface area (Å²) in [5, 5.41) is 0. The number of hydrogen-bond acceptors (Lipinski definition) is 1. The molecule has 0 aromatic carbocycles. The van der Waals surface area contributed by atoms with E-state index in [0.29, 0.717) is 0 Å². The van der Waals surface area contributed by atoms with Crippen LogP contribution < -0.4 is 0 Å². The van der Waals surface area contributed by atoms with Gasteiger partial charge in [0.2, 0.25) is 0 Å². The van der Waals surface area contributed by atoms with Crippen molar-refractivity contribution in [1.82, 2.24) is 9.55 Å². The van der Waals surface area contributed by atoms with Gasteiger partial charge in [-0.3, -0.25) is 0 Å². The van der Waals surface area contributed by atoms with Crippen molar-refractivity contribution in [1.29, 1.82) is 0 Å². The van der Waals surface area contributed by atoms with Crippen LogP contribution in [0.2, 0.25) is 0 Å². The van der Waals surface area contributed by atoms with Gasteiger partial charge in [0.15, 0.2) is 0 Å². The molecular weight excluding hydrogens is 268 g/mol. The van der Waals surface area contributed by atoms with Gasteiger partial charge in [0.25, 0.3) is 0 Å². The SMILES string of the molecule is CCCCCCCCCCCCn1c(CC)nc(CC)c1C. The van der Waals surface area contributed by atoms with E-state index in [1.165, 1.54) is 88.0 Å². The van der Waals surface area contributed by atoms with Gasteiger partial charge in [0.05, 0.1) is 5.69 Å². The van der Waals surface area contributed by atoms with Crippen molar-refractivity contribution in [3.63, 3.8) is 0 Å². The Morgan fingerprint density at radius 1 is 0.727 bits per heavy atom. The maximum absolute atomic E-state index is 4.77. The highest BCUT2D eigenvalue weighted by atomic mass is 15.1. The van der Waals surface area contributed by atoms with Crippen LogP contribution in [0.1, 0.15) is 102 Å². The summed E-state index contributed by atoms with van der Waals surface area (Å²) < 4.78 is 2.46. The van der Waals surface area contributed by atoms with Crippen molar-refractivity contribution >= 4 is 0 Å². The van der Waals surface area contributed by atoms with Gasteiger partial charge in [0, 0.05) is 18.7 Å². The van der Waals surface area contributed by atoms with Gasteiger partial charge in [-0.05, 0) is 19.8 Å². The predicted octanol–water partition coefficient (Wildman–Crippen LogP) is 6.24. The average molecular weight is 307 g/mol. The van der Waals surface area contributed by atoms with Crippen molar-refractivity contribution in [3.05, 3.63) is 17.2 Å². The molecule has 0 spiro atoms. The average Bonchev–Trinajstić information content (AvgIpc) is 2.85. The van der Waals surface area contributed by atoms with E-state index < -0.39 is 0 Å². The van der Waals surface area contributed by atoms with Gasteiger partial charge < -0.3 is 4.57 Å². The summed E-state index contributed by atoms with van der Waals surface area (Å²) in [7, 11) is 0. The lowest BCUT2D eigenvalue weighted by atomic mass is 10.1. The molecule has 0 atom stereocenters. The molecule has 0 N–H and O–H groups in total. The molecule has 0 unspecified atom stereocenters. The predicted molar refractivity (Wildman–Crippen MR) is 97.6 cm³/mol. The van der Waals surface area contributed by atoms with Gasteiger partial charge in [-0.15, -0.1) is 0 Å². The largest absolute Gasteiger partial charge is 0.332 e. The van der Waals surface area contributed by atoms with Gasteiger partial charge >= 0.3 is 0 Å². The standard InChI is InChI=1S/C20H38N2/c1-5-8-9-10-11-12-13-14-15-16-17-22-18(4)19(6-2)21-20(22)7-3/h5-17H2,1-4H3. The van der Waals surface area contributed by atoms with Crippen LogP contribution in [-0.4, -0.2) is 9.55 Å². The molecule has 0 bridgehead atoms. The third-order valence-corrected chi connectivity index (χ3v) is 4.78. The maximum Gasteiger partial charge on any atom is 0.108 e. The molecule has 1 aromatic rings. The topological polar surface area (TPSA) is 17.8 Å². The number of imidazole rings is 1. The summed E-state index contributed by atoms with van der Waals surface area (Å²) in [6.07, 6.45) is 16.2. The normalized spacial score (nSPS) is 11.3. The molecule has 1 heterocycles. The van der Waals surface area contributed by atoms with Gasteiger partial charge in [-0.25, -0.2) is 4.98 Å². The second kappa shape index (κ2) is 11.7. The van der Waals surface area contributed by atoms with E-state index in [4.69, 9.17) is 4.98 Å². The summed E-state index contributed by atoms with van der Waals surface area (Å²) in [6, 6.07) is 0. The first-order valence-corrected chi connectivity index (χ1v) is 9.79. The molecule has 2 heteroatoms. The fourth-order valence-corrected chi connectivity index (χ4v) is 3.31. The molecule has 0 fully saturated rings. The molecule has 0 aliphatic heterocycles. The van der Waals surface area contributed by atoms with E-state index in [0.717, 1.165) is 12.8 Å². The quantitative estimate of drug-likeness (QED) is 0.394. The highest BCUT2D eigenvalue weighted by Crippen LogP contribution is 2.15. The van der Waals surface area contributed by atoms with Gasteiger partial charge in [-0.1, -0.05) is 78.6 Å². The van der Waals surface area contributed by atoms with Crippen LogP contribution in [-0.2, 0) is 19.4 Å². The first-order chi connectivity index (χ1) is 10.7. The number of hydrogen-bond donors (Lipinski definition) is 0. The first kappa shape index (κ1) is 19.3. The van der Waals surface area contributed by atoms with Crippen LogP contribution in [0, 0.1) is 6.92 Å². The van der Waals surface area contributed by atoms with E-state index in [1.54, 1.807) is 0 Å². The lowest BCUT2D eigenvalue weighted by molar-refractivity contribution is 0.525. The summed E-state index contributed by atoms with van der Waals surface area (Å²) in [5.74, 6) is 1.28. The summed E-state index contributed by atoms with van der Waals surface area (Å²) >= 11 is 0. The summed E-state index contributed by atoms with van der Waals surface area (Å²) in [6.45, 7) is 10.1. The summed E-state index contributed by atoms with van der Waals surface area (Å²) in [4.78, 5) is 4.77. The number of rotatable bonds is 13. The monoisotopic (exact) mass is 306 g/mol. The first-order valence-electron chi connectivity index (χ1n) is 9.79. The van der Waals surface area contributed by atoms with E-state index >= 15 is 0 Å². The highest BCUT2D eigenvalue weighted by Gasteiger charge is 2.10. The Morgan fingerprint density at radius 2 is 1.27 bits per heavy atom. The van der Waals surface area contributed by atoms with E-state index in [1.807, 2.05) is 0 Å². The molecule has 0 aliphatic rings. The number of nitrogens with zero attached hydrogens (tertiary/aromatic N) is 2. The second-order valence-corrected chi connectivity index (χ2v) is 6.60. The number of unbranched alkanes of at least 4 members (excludes halogenated alkanes) is 9. The number of aromatic nitrogens is 2. The van der Waals surface area contributed by atoms with Crippen molar-refractivity contribution < 1.29 is 0 Å². The molecule has 128 valence electrons. The molecule has 0 radical (unpaired) electrons. The molecule has 22 heavy (non-hydrogen) atoms. The lowest BCUT2D eigenvalue weighted by Gasteiger charge is -2.09. The number of aryl methyl sites for hydroxylation is 2. The minimum absolute atomic E-state index is 1.05. The van der Waals surface area contributed by atoms with Crippen molar-refractivity contribution in [2.45, 2.75) is 111 Å². The van der Waals surface area contributed by atoms with E-state index in [-0.39, 0.29) is 0 Å². The van der Waals surface area contributed by atoms with Gasteiger partial charge in [-0.2, -0.15) is 0 Å². The minimum Gasteiger partial charge on any atom is -0.332 e. The Balaban J connectivity index is 2.13. The Bertz CT molecular complexity index is 393. The Kier molecular flexibility index (Phi) is 10.3. The van der Waals surface area contributed by atoms with Gasteiger partial charge in [0.1, 0.15) is 5.82 Å². The van der Waals surface area contributed by atoms with E-state index in [2.05, 4.69) is 32.3 Å². The van der Waals surface area contributed by atoms with Crippen LogP contribution in [0.3, 0.4) is 0 Å². The fraction of sp³-hybridized carbons (Fsp3) is 0.850. The Labute approximate surface area is 138 Å². The van der Waals surface area contributed by atoms with Crippen LogP contribution >= 0.6 is 0 Å². The molecular formula is C20H38N2. The second-order valence-electron chi connectivity index (χ2n) is 6.60. The molecule has 0 saturated heterocycles. The van der Waals surface area contributed by atoms with Crippen LogP contribution in [0.15, 0.2) is 0 Å². The fourth-order valence-electron chi connectivity index (χ4n) is 3.31. The van der Waals surface area contributed by atoms with Crippen LogP contribution in [0.5, 0.6) is 0 Å². The smallest absolute Gasteiger partial charge is 0.108 e. The molecule has 0 saturated carbocycles. The zero-order valence-electron chi connectivity index (χ0n) is 15.6. The molecule has 0 aliphatic carbocycles. The Morgan fingerprint density at radius 3 is 1.77 bits per heavy atom. The Hall–Kier alpha value is -0.790. The zero-order chi connectivity index (χ0) is 16.2. The zero-order valence-corrected chi connectivity index (χ0v) is 15.6. The van der Waals surface area contributed by atoms with Crippen molar-refractivity contribution in [2.75, 3.05) is 0 Å². The molecule has 1 rings (SSSR count). The van der Waals surface area contributed by atoms with Crippen LogP contribution in [0.25, 0.3) is 0 Å². The third-order valence-electron chi connectivity index (χ3n) is 4.78. The third kappa shape index (κ3) is 6.54. The summed E-state index contributed by atoms with van der Waals surface area (Å²) in [5.41, 5.74) is 2.69. The highest BCUT2D eigenvalue weighted by molar-refractivity contribution is 5.15. The molecule has 0 amide bonds. The maximum atomic E-state index is 4.77. The van der Waals surface area contributed by atoms with Crippen molar-refractivity contribution in [2.24, 2.45) is 0 Å². The minimum atomic E-state index is 1.05. The lowest BCUT2D eigenvalue weighted by Crippen LogP contribution is -2.05. The molecule has 1 aromatic heterocycles.